The van der Waals surface area contributed by atoms with Crippen LogP contribution in [0.15, 0.2) is 167 Å². The Balaban J connectivity index is 0.000000146. The molecule has 0 N–H and O–H groups in total. The van der Waals surface area contributed by atoms with Gasteiger partial charge in [0.2, 0.25) is 0 Å². The van der Waals surface area contributed by atoms with Gasteiger partial charge in [0, 0.05) is 22.3 Å². The highest BCUT2D eigenvalue weighted by Gasteiger charge is 2.17. The minimum atomic E-state index is -0.340. The number of aromatic nitrogens is 6. The molecule has 8 nitrogen and oxygen atoms in total. The van der Waals surface area contributed by atoms with Crippen molar-refractivity contribution in [1.29, 1.82) is 0 Å². The Labute approximate surface area is 315 Å². The largest absolute Gasteiger partial charge is 0.355 e. The van der Waals surface area contributed by atoms with E-state index in [0.717, 1.165) is 44.5 Å². The summed E-state index contributed by atoms with van der Waals surface area (Å²) in [6.45, 7) is 0. The summed E-state index contributed by atoms with van der Waals surface area (Å²) < 4.78 is 68.1. The molecule has 56 heavy (non-hydrogen) atoms. The van der Waals surface area contributed by atoms with Crippen LogP contribution in [0.1, 0.15) is 0 Å². The van der Waals surface area contributed by atoms with E-state index >= 15 is 0 Å². The fourth-order valence-corrected chi connectivity index (χ4v) is 6.49. The molecule has 10 rings (SSSR count). The van der Waals surface area contributed by atoms with Crippen molar-refractivity contribution < 1.29 is 26.6 Å². The van der Waals surface area contributed by atoms with Crippen LogP contribution >= 0.6 is 0 Å². The van der Waals surface area contributed by atoms with Gasteiger partial charge in [-0.25, -0.2) is 26.9 Å². The minimum Gasteiger partial charge on any atom is -0.355 e. The number of fused-ring (bicyclic) bond motifs is 2. The third-order valence-corrected chi connectivity index (χ3v) is 9.15. The molecule has 0 aliphatic rings. The molecule has 0 fully saturated rings. The van der Waals surface area contributed by atoms with Crippen molar-refractivity contribution in [2.75, 3.05) is 0 Å². The first-order chi connectivity index (χ1) is 27.4. The maximum atomic E-state index is 13.6. The number of hydrogen-bond acceptors (Lipinski definition) is 6. The Bertz CT molecular complexity index is 2980. The van der Waals surface area contributed by atoms with Crippen molar-refractivity contribution in [1.82, 2.24) is 29.9 Å². The summed E-state index contributed by atoms with van der Waals surface area (Å²) in [7, 11) is 0. The SMILES string of the molecule is Fc1ccc(-c2onc3ccc(-c4ccnn4-c4cccc(F)c4)cc23)cc1.Fc1ccc(-n2nccc2-c2ccc3noc(-c4cccc(F)c4)c3c2)cc1. The molecule has 0 unspecified atom stereocenters. The van der Waals surface area contributed by atoms with Crippen LogP contribution in [-0.2, 0) is 0 Å². The highest BCUT2D eigenvalue weighted by atomic mass is 19.1. The molecule has 12 heteroatoms. The molecule has 0 radical (unpaired) electrons. The van der Waals surface area contributed by atoms with Gasteiger partial charge >= 0.3 is 0 Å². The number of benzene rings is 6. The zero-order valence-corrected chi connectivity index (χ0v) is 29.0. The monoisotopic (exact) mass is 746 g/mol. The molecule has 272 valence electrons. The van der Waals surface area contributed by atoms with E-state index in [1.807, 2.05) is 48.5 Å². The van der Waals surface area contributed by atoms with Gasteiger partial charge in [-0.3, -0.25) is 0 Å². The molecule has 0 amide bonds. The van der Waals surface area contributed by atoms with Crippen molar-refractivity contribution in [3.05, 3.63) is 181 Å². The van der Waals surface area contributed by atoms with Gasteiger partial charge in [0.15, 0.2) is 11.5 Å². The Hall–Kier alpha value is -7.60. The quantitative estimate of drug-likeness (QED) is 0.157. The Morgan fingerprint density at radius 3 is 1.46 bits per heavy atom. The average molecular weight is 747 g/mol. The summed E-state index contributed by atoms with van der Waals surface area (Å²) in [5, 5.41) is 18.4. The zero-order chi connectivity index (χ0) is 38.2. The van der Waals surface area contributed by atoms with Crippen molar-refractivity contribution in [3.63, 3.8) is 0 Å². The predicted molar refractivity (Wildman–Crippen MR) is 204 cm³/mol. The van der Waals surface area contributed by atoms with Gasteiger partial charge in [0.05, 0.1) is 45.9 Å². The van der Waals surface area contributed by atoms with E-state index in [2.05, 4.69) is 20.5 Å². The van der Waals surface area contributed by atoms with Crippen LogP contribution in [0.25, 0.3) is 78.3 Å². The first-order valence-electron chi connectivity index (χ1n) is 17.3. The van der Waals surface area contributed by atoms with E-state index in [4.69, 9.17) is 9.05 Å². The van der Waals surface area contributed by atoms with Gasteiger partial charge in [-0.1, -0.05) is 40.6 Å². The first kappa shape index (κ1) is 34.2. The van der Waals surface area contributed by atoms with Crippen LogP contribution in [0.5, 0.6) is 0 Å². The highest BCUT2D eigenvalue weighted by Crippen LogP contribution is 2.35. The fourth-order valence-electron chi connectivity index (χ4n) is 6.49. The third-order valence-electron chi connectivity index (χ3n) is 9.15. The molecule has 0 bridgehead atoms. The molecule has 0 spiro atoms. The van der Waals surface area contributed by atoms with Crippen LogP contribution in [-0.4, -0.2) is 29.9 Å². The van der Waals surface area contributed by atoms with Crippen molar-refractivity contribution in [2.45, 2.75) is 0 Å². The average Bonchev–Trinajstić information content (AvgIpc) is 4.05. The van der Waals surface area contributed by atoms with Crippen LogP contribution in [0, 0.1) is 23.3 Å². The molecule has 10 aromatic rings. The molecular formula is C44H26F4N6O2. The Morgan fingerprint density at radius 2 is 0.893 bits per heavy atom. The second-order valence-corrected chi connectivity index (χ2v) is 12.7. The van der Waals surface area contributed by atoms with E-state index in [1.54, 1.807) is 70.3 Å². The van der Waals surface area contributed by atoms with Crippen LogP contribution < -0.4 is 0 Å². The van der Waals surface area contributed by atoms with Gasteiger partial charge in [0.1, 0.15) is 34.3 Å². The molecule has 4 heterocycles. The lowest BCUT2D eigenvalue weighted by molar-refractivity contribution is 0.440. The van der Waals surface area contributed by atoms with Crippen molar-refractivity contribution in [2.24, 2.45) is 0 Å². The fraction of sp³-hybridized carbons (Fsp3) is 0. The van der Waals surface area contributed by atoms with Gasteiger partial charge in [-0.05, 0) is 115 Å². The molecule has 0 aliphatic heterocycles. The van der Waals surface area contributed by atoms with Gasteiger partial charge < -0.3 is 9.05 Å². The van der Waals surface area contributed by atoms with E-state index in [9.17, 15) is 17.6 Å². The van der Waals surface area contributed by atoms with Crippen LogP contribution in [0.4, 0.5) is 17.6 Å². The molecule has 0 aliphatic carbocycles. The van der Waals surface area contributed by atoms with Gasteiger partial charge in [-0.15, -0.1) is 0 Å². The number of halogens is 4. The maximum absolute atomic E-state index is 13.6. The lowest BCUT2D eigenvalue weighted by atomic mass is 10.0. The van der Waals surface area contributed by atoms with E-state index in [-0.39, 0.29) is 23.3 Å². The maximum Gasteiger partial charge on any atom is 0.174 e. The lowest BCUT2D eigenvalue weighted by Gasteiger charge is -2.08. The minimum absolute atomic E-state index is 0.303. The number of hydrogen-bond donors (Lipinski definition) is 0. The second kappa shape index (κ2) is 14.3. The summed E-state index contributed by atoms with van der Waals surface area (Å²) in [6, 6.07) is 39.8. The van der Waals surface area contributed by atoms with Gasteiger partial charge in [0.25, 0.3) is 0 Å². The summed E-state index contributed by atoms with van der Waals surface area (Å²) in [6.07, 6.45) is 3.35. The molecule has 0 atom stereocenters. The smallest absolute Gasteiger partial charge is 0.174 e. The molecule has 0 saturated heterocycles. The summed E-state index contributed by atoms with van der Waals surface area (Å²) >= 11 is 0. The normalized spacial score (nSPS) is 11.2. The Kier molecular flexibility index (Phi) is 8.75. The van der Waals surface area contributed by atoms with Crippen molar-refractivity contribution >= 4 is 21.8 Å². The van der Waals surface area contributed by atoms with Crippen LogP contribution in [0.2, 0.25) is 0 Å². The van der Waals surface area contributed by atoms with Crippen LogP contribution in [0.3, 0.4) is 0 Å². The zero-order valence-electron chi connectivity index (χ0n) is 29.0. The molecule has 4 aromatic heterocycles. The van der Waals surface area contributed by atoms with Crippen molar-refractivity contribution in [3.8, 4) is 56.5 Å². The van der Waals surface area contributed by atoms with Gasteiger partial charge in [-0.2, -0.15) is 10.2 Å². The third kappa shape index (κ3) is 6.60. The number of nitrogens with zero attached hydrogens (tertiary/aromatic N) is 6. The summed E-state index contributed by atoms with van der Waals surface area (Å²) in [5.74, 6) is -0.215. The standard InChI is InChI=1S/2C22H13F2N3O/c23-16-5-7-18(8-6-16)27-21(10-11-25-27)14-4-9-20-19(13-14)22(28-26-20)15-2-1-3-17(24)12-15;23-16-7-4-14(5-8-16)22-19-12-15(6-9-20(19)26-28-22)21-10-11-25-27(21)18-3-1-2-17(24)13-18/h2*1-13H. The summed E-state index contributed by atoms with van der Waals surface area (Å²) in [5.41, 5.74) is 7.50. The molecule has 6 aromatic carbocycles. The van der Waals surface area contributed by atoms with E-state index < -0.39 is 0 Å². The predicted octanol–water partition coefficient (Wildman–Crippen LogP) is 11.3. The Morgan fingerprint density at radius 1 is 0.393 bits per heavy atom. The number of rotatable bonds is 6. The topological polar surface area (TPSA) is 87.7 Å². The van der Waals surface area contributed by atoms with E-state index in [0.29, 0.717) is 33.8 Å². The summed E-state index contributed by atoms with van der Waals surface area (Å²) in [4.78, 5) is 0. The second-order valence-electron chi connectivity index (χ2n) is 12.7. The first-order valence-corrected chi connectivity index (χ1v) is 17.3. The molecular weight excluding hydrogens is 721 g/mol. The molecule has 0 saturated carbocycles. The lowest BCUT2D eigenvalue weighted by Crippen LogP contribution is -1.99. The van der Waals surface area contributed by atoms with E-state index in [1.165, 1.54) is 48.5 Å². The highest BCUT2D eigenvalue weighted by molar-refractivity contribution is 5.95.